The van der Waals surface area contributed by atoms with Gasteiger partial charge in [0.05, 0.1) is 11.3 Å². The normalized spacial score (nSPS) is 14.6. The van der Waals surface area contributed by atoms with Crippen LogP contribution < -0.4 is 4.90 Å². The Morgan fingerprint density at radius 3 is 2.27 bits per heavy atom. The van der Waals surface area contributed by atoms with Crippen molar-refractivity contribution in [2.75, 3.05) is 19.0 Å². The average Bonchev–Trinajstić information content (AvgIpc) is 2.94. The van der Waals surface area contributed by atoms with Gasteiger partial charge in [0.25, 0.3) is 5.91 Å². The number of hydrogen-bond donors (Lipinski definition) is 0. The first-order chi connectivity index (χ1) is 12.6. The Morgan fingerprint density at radius 2 is 1.50 bits per heavy atom. The Morgan fingerprint density at radius 1 is 0.808 bits per heavy atom. The van der Waals surface area contributed by atoms with Crippen molar-refractivity contribution in [2.24, 2.45) is 0 Å². The average molecular weight is 340 g/mol. The van der Waals surface area contributed by atoms with Gasteiger partial charge in [-0.1, -0.05) is 60.7 Å². The van der Waals surface area contributed by atoms with Crippen LogP contribution in [0.25, 0.3) is 16.7 Å². The van der Waals surface area contributed by atoms with Crippen molar-refractivity contribution in [2.45, 2.75) is 0 Å². The third kappa shape index (κ3) is 2.78. The van der Waals surface area contributed by atoms with Gasteiger partial charge in [-0.3, -0.25) is 9.69 Å². The van der Waals surface area contributed by atoms with Gasteiger partial charge in [0.15, 0.2) is 0 Å². The zero-order valence-electron chi connectivity index (χ0n) is 14.9. The fourth-order valence-corrected chi connectivity index (χ4v) is 3.34. The predicted molar refractivity (Wildman–Crippen MR) is 107 cm³/mol. The van der Waals surface area contributed by atoms with E-state index in [1.807, 2.05) is 79.8 Å². The topological polar surface area (TPSA) is 23.6 Å². The van der Waals surface area contributed by atoms with Crippen molar-refractivity contribution in [3.05, 3.63) is 90.6 Å². The van der Waals surface area contributed by atoms with Gasteiger partial charge >= 0.3 is 0 Å². The van der Waals surface area contributed by atoms with E-state index in [0.29, 0.717) is 0 Å². The van der Waals surface area contributed by atoms with Crippen LogP contribution in [-0.2, 0) is 4.79 Å². The molecule has 1 aliphatic heterocycles. The second kappa shape index (κ2) is 6.52. The summed E-state index contributed by atoms with van der Waals surface area (Å²) in [4.78, 5) is 16.9. The molecule has 0 aromatic heterocycles. The molecule has 3 aromatic rings. The number of hydrogen-bond acceptors (Lipinski definition) is 2. The summed E-state index contributed by atoms with van der Waals surface area (Å²) in [5, 5.41) is 0. The minimum absolute atomic E-state index is 0.00473. The number of rotatable bonds is 3. The Kier molecular flexibility index (Phi) is 4.05. The monoisotopic (exact) mass is 340 g/mol. The third-order valence-corrected chi connectivity index (χ3v) is 4.47. The lowest BCUT2D eigenvalue weighted by molar-refractivity contribution is -0.112. The van der Waals surface area contributed by atoms with Crippen molar-refractivity contribution in [3.8, 4) is 11.1 Å². The summed E-state index contributed by atoms with van der Waals surface area (Å²) in [5.74, 6) is 0.00473. The second-order valence-corrected chi connectivity index (χ2v) is 6.58. The first-order valence-corrected chi connectivity index (χ1v) is 8.63. The number of anilines is 2. The molecule has 0 saturated carbocycles. The van der Waals surface area contributed by atoms with Crippen molar-refractivity contribution < 1.29 is 4.79 Å². The summed E-state index contributed by atoms with van der Waals surface area (Å²) < 4.78 is 0. The third-order valence-electron chi connectivity index (χ3n) is 4.47. The number of fused-ring (bicyclic) bond motifs is 1. The number of para-hydroxylation sites is 1. The van der Waals surface area contributed by atoms with Crippen molar-refractivity contribution in [3.63, 3.8) is 0 Å². The van der Waals surface area contributed by atoms with E-state index >= 15 is 0 Å². The standard InChI is InChI=1S/C23H20N2O/c1-24(2)16-21-20-13-6-7-14-22(20)25(23(21)26)19-12-8-11-18(15-19)17-9-4-3-5-10-17/h3-16H,1-2H3/b21-16-. The van der Waals surface area contributed by atoms with Crippen LogP contribution in [0.2, 0.25) is 0 Å². The fourth-order valence-electron chi connectivity index (χ4n) is 3.34. The highest BCUT2D eigenvalue weighted by atomic mass is 16.2. The summed E-state index contributed by atoms with van der Waals surface area (Å²) >= 11 is 0. The first kappa shape index (κ1) is 16.2. The Bertz CT molecular complexity index is 990. The molecule has 0 saturated heterocycles. The molecular weight excluding hydrogens is 320 g/mol. The fraction of sp³-hybridized carbons (Fsp3) is 0.0870. The van der Waals surface area contributed by atoms with Crippen molar-refractivity contribution in [1.82, 2.24) is 4.90 Å². The van der Waals surface area contributed by atoms with Crippen LogP contribution in [0.4, 0.5) is 11.4 Å². The van der Waals surface area contributed by atoms with E-state index in [-0.39, 0.29) is 5.91 Å². The molecule has 128 valence electrons. The minimum Gasteiger partial charge on any atom is -0.383 e. The van der Waals surface area contributed by atoms with Gasteiger partial charge in [0.1, 0.15) is 0 Å². The Hall–Kier alpha value is -3.33. The largest absolute Gasteiger partial charge is 0.383 e. The minimum atomic E-state index is 0.00473. The smallest absolute Gasteiger partial charge is 0.265 e. The molecule has 0 atom stereocenters. The highest BCUT2D eigenvalue weighted by molar-refractivity contribution is 6.35. The molecule has 0 spiro atoms. The zero-order chi connectivity index (χ0) is 18.1. The number of amides is 1. The summed E-state index contributed by atoms with van der Waals surface area (Å²) in [7, 11) is 3.86. The van der Waals surface area contributed by atoms with Crippen LogP contribution in [0.3, 0.4) is 0 Å². The molecule has 0 fully saturated rings. The number of carbonyl (C=O) groups excluding carboxylic acids is 1. The molecule has 3 nitrogen and oxygen atoms in total. The van der Waals surface area contributed by atoms with Gasteiger partial charge in [-0.15, -0.1) is 0 Å². The highest BCUT2D eigenvalue weighted by Crippen LogP contribution is 2.42. The molecule has 4 rings (SSSR count). The molecular formula is C23H20N2O. The lowest BCUT2D eigenvalue weighted by Gasteiger charge is -2.18. The maximum atomic E-state index is 13.2. The van der Waals surface area contributed by atoms with Crippen molar-refractivity contribution in [1.29, 1.82) is 0 Å². The summed E-state index contributed by atoms with van der Waals surface area (Å²) in [6.07, 6.45) is 1.89. The number of benzene rings is 3. The molecule has 1 heterocycles. The molecule has 26 heavy (non-hydrogen) atoms. The van der Waals surface area contributed by atoms with E-state index in [4.69, 9.17) is 0 Å². The summed E-state index contributed by atoms with van der Waals surface area (Å²) in [5.41, 5.74) is 5.73. The Balaban J connectivity index is 1.83. The molecule has 3 aromatic carbocycles. The molecule has 1 aliphatic rings. The van der Waals surface area contributed by atoms with Crippen LogP contribution in [0.1, 0.15) is 5.56 Å². The van der Waals surface area contributed by atoms with E-state index in [9.17, 15) is 4.79 Å². The van der Waals surface area contributed by atoms with Crippen molar-refractivity contribution >= 4 is 22.9 Å². The molecule has 0 bridgehead atoms. The molecule has 0 radical (unpaired) electrons. The lowest BCUT2D eigenvalue weighted by Crippen LogP contribution is -2.21. The maximum Gasteiger partial charge on any atom is 0.265 e. The number of nitrogens with zero attached hydrogens (tertiary/aromatic N) is 2. The molecule has 3 heteroatoms. The van der Waals surface area contributed by atoms with Crippen LogP contribution in [0.5, 0.6) is 0 Å². The van der Waals surface area contributed by atoms with E-state index in [0.717, 1.165) is 33.6 Å². The molecule has 0 aliphatic carbocycles. The van der Waals surface area contributed by atoms with Gasteiger partial charge < -0.3 is 4.90 Å². The van der Waals surface area contributed by atoms with Gasteiger partial charge in [-0.2, -0.15) is 0 Å². The van der Waals surface area contributed by atoms with Crippen LogP contribution >= 0.6 is 0 Å². The second-order valence-electron chi connectivity index (χ2n) is 6.58. The van der Waals surface area contributed by atoms with Crippen LogP contribution in [-0.4, -0.2) is 24.9 Å². The lowest BCUT2D eigenvalue weighted by atomic mass is 10.0. The quantitative estimate of drug-likeness (QED) is 0.631. The van der Waals surface area contributed by atoms with Crippen LogP contribution in [0, 0.1) is 0 Å². The van der Waals surface area contributed by atoms with Gasteiger partial charge in [0.2, 0.25) is 0 Å². The molecule has 0 unspecified atom stereocenters. The van der Waals surface area contributed by atoms with E-state index in [2.05, 4.69) is 24.3 Å². The zero-order valence-corrected chi connectivity index (χ0v) is 14.9. The van der Waals surface area contributed by atoms with E-state index in [1.165, 1.54) is 0 Å². The number of carbonyl (C=O) groups is 1. The van der Waals surface area contributed by atoms with Gasteiger partial charge in [-0.05, 0) is 29.3 Å². The Labute approximate surface area is 153 Å². The predicted octanol–water partition coefficient (Wildman–Crippen LogP) is 4.93. The van der Waals surface area contributed by atoms with Gasteiger partial charge in [-0.25, -0.2) is 0 Å². The summed E-state index contributed by atoms with van der Waals surface area (Å²) in [6.45, 7) is 0. The SMILES string of the molecule is CN(C)/C=C1\C(=O)N(c2cccc(-c3ccccc3)c2)c2ccccc21. The maximum absolute atomic E-state index is 13.2. The summed E-state index contributed by atoms with van der Waals surface area (Å²) in [6, 6.07) is 26.3. The van der Waals surface area contributed by atoms with Gasteiger partial charge in [0, 0.05) is 31.5 Å². The first-order valence-electron chi connectivity index (χ1n) is 8.63. The van der Waals surface area contributed by atoms with Crippen LogP contribution in [0.15, 0.2) is 85.1 Å². The van der Waals surface area contributed by atoms with E-state index in [1.54, 1.807) is 4.90 Å². The molecule has 1 amide bonds. The highest BCUT2D eigenvalue weighted by Gasteiger charge is 2.33. The molecule has 0 N–H and O–H groups in total. The van der Waals surface area contributed by atoms with E-state index < -0.39 is 0 Å².